The second-order valence-corrected chi connectivity index (χ2v) is 3.82. The van der Waals surface area contributed by atoms with Gasteiger partial charge in [-0.05, 0) is 30.2 Å². The number of rotatable bonds is 3. The molecule has 0 heterocycles. The number of nitrogens with one attached hydrogen (secondary N) is 1. The molecule has 1 rings (SSSR count). The Balaban J connectivity index is 3.03. The lowest BCUT2D eigenvalue weighted by atomic mass is 10.0. The molecule has 4 heteroatoms. The van der Waals surface area contributed by atoms with Gasteiger partial charge >= 0.3 is 0 Å². The van der Waals surface area contributed by atoms with E-state index in [0.29, 0.717) is 0 Å². The molecule has 0 aliphatic heterocycles. The molecule has 13 heavy (non-hydrogen) atoms. The molecular formula is C9H14BrN3. The van der Waals surface area contributed by atoms with E-state index in [9.17, 15) is 0 Å². The fourth-order valence-electron chi connectivity index (χ4n) is 1.27. The predicted molar refractivity (Wildman–Crippen MR) is 58.9 cm³/mol. The molecule has 72 valence electrons. The maximum absolute atomic E-state index is 5.83. The van der Waals surface area contributed by atoms with Crippen LogP contribution in [0.2, 0.25) is 0 Å². The standard InChI is InChI=1S/C9H14BrN3/c1-2-9(13-12)7-5-6(10)3-4-8(7)11/h3-5,9,13H,2,11-12H2,1H3. The summed E-state index contributed by atoms with van der Waals surface area (Å²) in [4.78, 5) is 0. The van der Waals surface area contributed by atoms with Crippen molar-refractivity contribution in [3.63, 3.8) is 0 Å². The normalized spacial score (nSPS) is 12.8. The zero-order valence-electron chi connectivity index (χ0n) is 7.55. The Morgan fingerprint density at radius 3 is 2.77 bits per heavy atom. The van der Waals surface area contributed by atoms with E-state index in [1.165, 1.54) is 0 Å². The molecule has 5 N–H and O–H groups in total. The largest absolute Gasteiger partial charge is 0.398 e. The quantitative estimate of drug-likeness (QED) is 0.432. The van der Waals surface area contributed by atoms with Crippen LogP contribution in [0.25, 0.3) is 0 Å². The smallest absolute Gasteiger partial charge is 0.0478 e. The van der Waals surface area contributed by atoms with Gasteiger partial charge < -0.3 is 5.73 Å². The lowest BCUT2D eigenvalue weighted by molar-refractivity contribution is 0.540. The average molecular weight is 244 g/mol. The lowest BCUT2D eigenvalue weighted by Gasteiger charge is -2.16. The fraction of sp³-hybridized carbons (Fsp3) is 0.333. The van der Waals surface area contributed by atoms with Crippen LogP contribution in [0.3, 0.4) is 0 Å². The number of nitrogen functional groups attached to an aromatic ring is 1. The zero-order chi connectivity index (χ0) is 9.84. The van der Waals surface area contributed by atoms with Crippen LogP contribution >= 0.6 is 15.9 Å². The molecule has 0 aromatic heterocycles. The highest BCUT2D eigenvalue weighted by Gasteiger charge is 2.10. The van der Waals surface area contributed by atoms with Crippen molar-refractivity contribution in [1.29, 1.82) is 0 Å². The van der Waals surface area contributed by atoms with Crippen LogP contribution in [-0.4, -0.2) is 0 Å². The van der Waals surface area contributed by atoms with Crippen molar-refractivity contribution >= 4 is 21.6 Å². The Labute approximate surface area is 86.6 Å². The van der Waals surface area contributed by atoms with E-state index in [4.69, 9.17) is 11.6 Å². The molecule has 0 saturated carbocycles. The first-order valence-electron chi connectivity index (χ1n) is 4.20. The van der Waals surface area contributed by atoms with Crippen molar-refractivity contribution in [2.45, 2.75) is 19.4 Å². The summed E-state index contributed by atoms with van der Waals surface area (Å²) in [6.45, 7) is 2.06. The topological polar surface area (TPSA) is 64.1 Å². The summed E-state index contributed by atoms with van der Waals surface area (Å²) >= 11 is 3.40. The molecule has 1 atom stereocenters. The number of hydrogen-bond acceptors (Lipinski definition) is 3. The highest BCUT2D eigenvalue weighted by atomic mass is 79.9. The highest BCUT2D eigenvalue weighted by Crippen LogP contribution is 2.25. The third kappa shape index (κ3) is 2.43. The molecule has 0 fully saturated rings. The van der Waals surface area contributed by atoms with E-state index >= 15 is 0 Å². The molecule has 0 aliphatic rings. The van der Waals surface area contributed by atoms with Gasteiger partial charge in [-0.3, -0.25) is 11.3 Å². The maximum Gasteiger partial charge on any atom is 0.0478 e. The van der Waals surface area contributed by atoms with Gasteiger partial charge in [0.05, 0.1) is 0 Å². The SMILES string of the molecule is CCC(NN)c1cc(Br)ccc1N. The van der Waals surface area contributed by atoms with E-state index < -0.39 is 0 Å². The minimum atomic E-state index is 0.123. The molecule has 0 amide bonds. The summed E-state index contributed by atoms with van der Waals surface area (Å²) in [5.74, 6) is 5.41. The molecule has 0 spiro atoms. The van der Waals surface area contributed by atoms with Crippen molar-refractivity contribution in [2.24, 2.45) is 5.84 Å². The van der Waals surface area contributed by atoms with E-state index in [1.807, 2.05) is 18.2 Å². The van der Waals surface area contributed by atoms with Crippen molar-refractivity contribution in [1.82, 2.24) is 5.43 Å². The first kappa shape index (κ1) is 10.5. The fourth-order valence-corrected chi connectivity index (χ4v) is 1.65. The monoisotopic (exact) mass is 243 g/mol. The maximum atomic E-state index is 5.83. The summed E-state index contributed by atoms with van der Waals surface area (Å²) in [5, 5.41) is 0. The second-order valence-electron chi connectivity index (χ2n) is 2.90. The number of benzene rings is 1. The molecule has 3 nitrogen and oxygen atoms in total. The number of hydrogen-bond donors (Lipinski definition) is 3. The summed E-state index contributed by atoms with van der Waals surface area (Å²) in [5.41, 5.74) is 10.4. The average Bonchev–Trinajstić information content (AvgIpc) is 2.13. The number of hydrazine groups is 1. The summed E-state index contributed by atoms with van der Waals surface area (Å²) < 4.78 is 1.02. The van der Waals surface area contributed by atoms with Crippen LogP contribution in [0.5, 0.6) is 0 Å². The van der Waals surface area contributed by atoms with Crippen molar-refractivity contribution < 1.29 is 0 Å². The van der Waals surface area contributed by atoms with Crippen LogP contribution in [-0.2, 0) is 0 Å². The first-order valence-corrected chi connectivity index (χ1v) is 4.99. The third-order valence-corrected chi connectivity index (χ3v) is 2.53. The van der Waals surface area contributed by atoms with E-state index in [2.05, 4.69) is 28.3 Å². The molecule has 0 radical (unpaired) electrons. The van der Waals surface area contributed by atoms with Crippen LogP contribution in [0, 0.1) is 0 Å². The van der Waals surface area contributed by atoms with Gasteiger partial charge in [0.2, 0.25) is 0 Å². The number of nitrogens with two attached hydrogens (primary N) is 2. The van der Waals surface area contributed by atoms with E-state index in [0.717, 1.165) is 22.1 Å². The van der Waals surface area contributed by atoms with Gasteiger partial charge in [0.15, 0.2) is 0 Å². The van der Waals surface area contributed by atoms with Crippen LogP contribution in [0.4, 0.5) is 5.69 Å². The molecule has 1 aromatic rings. The van der Waals surface area contributed by atoms with Crippen LogP contribution < -0.4 is 17.0 Å². The van der Waals surface area contributed by atoms with Crippen LogP contribution in [0.15, 0.2) is 22.7 Å². The molecule has 0 aliphatic carbocycles. The minimum absolute atomic E-state index is 0.123. The van der Waals surface area contributed by atoms with Gasteiger partial charge in [0.1, 0.15) is 0 Å². The van der Waals surface area contributed by atoms with Crippen molar-refractivity contribution in [3.05, 3.63) is 28.2 Å². The minimum Gasteiger partial charge on any atom is -0.398 e. The number of halogens is 1. The molecule has 1 aromatic carbocycles. The highest BCUT2D eigenvalue weighted by molar-refractivity contribution is 9.10. The molecule has 0 saturated heterocycles. The van der Waals surface area contributed by atoms with Gasteiger partial charge in [-0.15, -0.1) is 0 Å². The first-order chi connectivity index (χ1) is 6.19. The Kier molecular flexibility index (Phi) is 3.71. The second kappa shape index (κ2) is 4.60. The zero-order valence-corrected chi connectivity index (χ0v) is 9.14. The van der Waals surface area contributed by atoms with Gasteiger partial charge in [0, 0.05) is 16.2 Å². The summed E-state index contributed by atoms with van der Waals surface area (Å²) in [6.07, 6.45) is 0.914. The molecule has 0 bridgehead atoms. The number of anilines is 1. The van der Waals surface area contributed by atoms with Crippen molar-refractivity contribution in [2.75, 3.05) is 5.73 Å². The van der Waals surface area contributed by atoms with Crippen LogP contribution in [0.1, 0.15) is 24.9 Å². The Morgan fingerprint density at radius 1 is 1.54 bits per heavy atom. The summed E-state index contributed by atoms with van der Waals surface area (Å²) in [7, 11) is 0. The van der Waals surface area contributed by atoms with E-state index in [1.54, 1.807) is 0 Å². The van der Waals surface area contributed by atoms with Gasteiger partial charge in [-0.2, -0.15) is 0 Å². The Hall–Kier alpha value is -0.580. The van der Waals surface area contributed by atoms with Gasteiger partial charge in [-0.1, -0.05) is 22.9 Å². The van der Waals surface area contributed by atoms with Crippen molar-refractivity contribution in [3.8, 4) is 0 Å². The predicted octanol–water partition coefficient (Wildman–Crippen LogP) is 1.95. The molecule has 1 unspecified atom stereocenters. The lowest BCUT2D eigenvalue weighted by Crippen LogP contribution is -2.28. The Bertz CT molecular complexity index is 284. The summed E-state index contributed by atoms with van der Waals surface area (Å²) in [6, 6.07) is 5.91. The van der Waals surface area contributed by atoms with Gasteiger partial charge in [0.25, 0.3) is 0 Å². The molecular weight excluding hydrogens is 230 g/mol. The van der Waals surface area contributed by atoms with E-state index in [-0.39, 0.29) is 6.04 Å². The Morgan fingerprint density at radius 2 is 2.23 bits per heavy atom. The van der Waals surface area contributed by atoms with Gasteiger partial charge in [-0.25, -0.2) is 0 Å². The third-order valence-electron chi connectivity index (χ3n) is 2.03.